The maximum absolute atomic E-state index is 11.4. The Morgan fingerprint density at radius 2 is 2.14 bits per heavy atom. The highest BCUT2D eigenvalue weighted by Gasteiger charge is 2.42. The van der Waals surface area contributed by atoms with Gasteiger partial charge < -0.3 is 4.74 Å². The maximum atomic E-state index is 11.4. The molecule has 0 aromatic carbocycles. The Morgan fingerprint density at radius 1 is 1.57 bits per heavy atom. The van der Waals surface area contributed by atoms with Gasteiger partial charge in [-0.05, 0) is 18.5 Å². The number of halogens is 1. The van der Waals surface area contributed by atoms with Gasteiger partial charge in [-0.2, -0.15) is 0 Å². The number of ether oxygens (including phenoxy) is 1. The molecule has 0 bridgehead atoms. The van der Waals surface area contributed by atoms with E-state index < -0.39 is 23.5 Å². The number of hydrogen-bond acceptors (Lipinski definition) is 4. The van der Waals surface area contributed by atoms with Crippen molar-refractivity contribution in [3.05, 3.63) is 0 Å². The largest absolute Gasteiger partial charge is 0.452 e. The van der Waals surface area contributed by atoms with Crippen molar-refractivity contribution in [1.29, 1.82) is 0 Å². The summed E-state index contributed by atoms with van der Waals surface area (Å²) in [5.41, 5.74) is 0. The SMILES string of the molecule is COC(=O)N1C(=O)N(C(=O)Cl)CC1C. The zero-order valence-corrected chi connectivity index (χ0v) is 8.45. The lowest BCUT2D eigenvalue weighted by Crippen LogP contribution is -2.39. The summed E-state index contributed by atoms with van der Waals surface area (Å²) in [4.78, 5) is 34.9. The highest BCUT2D eigenvalue weighted by Crippen LogP contribution is 2.18. The van der Waals surface area contributed by atoms with E-state index in [1.807, 2.05) is 0 Å². The number of carbonyl (C=O) groups is 3. The smallest absolute Gasteiger partial charge is 0.418 e. The lowest BCUT2D eigenvalue weighted by Gasteiger charge is -2.15. The number of amides is 4. The molecular formula is C7H9ClN2O4. The average molecular weight is 221 g/mol. The lowest BCUT2D eigenvalue weighted by atomic mass is 10.3. The zero-order valence-electron chi connectivity index (χ0n) is 7.69. The highest BCUT2D eigenvalue weighted by molar-refractivity contribution is 6.64. The van der Waals surface area contributed by atoms with Crippen molar-refractivity contribution in [3.63, 3.8) is 0 Å². The van der Waals surface area contributed by atoms with Crippen LogP contribution in [0.5, 0.6) is 0 Å². The number of methoxy groups -OCH3 is 1. The summed E-state index contributed by atoms with van der Waals surface area (Å²) < 4.78 is 4.39. The number of imide groups is 2. The Hall–Kier alpha value is -1.30. The average Bonchev–Trinajstić information content (AvgIpc) is 2.41. The Kier molecular flexibility index (Phi) is 2.95. The third-order valence-corrected chi connectivity index (χ3v) is 2.11. The van der Waals surface area contributed by atoms with Crippen molar-refractivity contribution in [1.82, 2.24) is 9.80 Å². The minimum Gasteiger partial charge on any atom is -0.452 e. The molecule has 1 aliphatic rings. The number of carbonyl (C=O) groups excluding carboxylic acids is 3. The van der Waals surface area contributed by atoms with Crippen LogP contribution in [0, 0.1) is 0 Å². The molecule has 1 saturated heterocycles. The first-order valence-electron chi connectivity index (χ1n) is 3.87. The van der Waals surface area contributed by atoms with E-state index in [1.165, 1.54) is 0 Å². The van der Waals surface area contributed by atoms with E-state index >= 15 is 0 Å². The minimum atomic E-state index is -0.895. The fraction of sp³-hybridized carbons (Fsp3) is 0.571. The molecule has 14 heavy (non-hydrogen) atoms. The van der Waals surface area contributed by atoms with Crippen molar-refractivity contribution in [2.75, 3.05) is 13.7 Å². The molecule has 1 fully saturated rings. The molecule has 0 radical (unpaired) electrons. The molecule has 1 unspecified atom stereocenters. The zero-order chi connectivity index (χ0) is 10.9. The highest BCUT2D eigenvalue weighted by atomic mass is 35.5. The normalized spacial score (nSPS) is 21.4. The molecule has 1 rings (SSSR count). The first-order valence-corrected chi connectivity index (χ1v) is 4.25. The van der Waals surface area contributed by atoms with Crippen LogP contribution in [0.4, 0.5) is 14.4 Å². The standard InChI is InChI=1S/C7H9ClN2O4/c1-4-3-9(5(8)11)6(12)10(4)7(13)14-2/h4H,3H2,1-2H3. The monoisotopic (exact) mass is 220 g/mol. The van der Waals surface area contributed by atoms with E-state index in [2.05, 4.69) is 4.74 Å². The van der Waals surface area contributed by atoms with E-state index in [-0.39, 0.29) is 6.54 Å². The molecular weight excluding hydrogens is 212 g/mol. The molecule has 1 heterocycles. The van der Waals surface area contributed by atoms with E-state index in [4.69, 9.17) is 11.6 Å². The molecule has 4 amide bonds. The minimum absolute atomic E-state index is 0.0935. The van der Waals surface area contributed by atoms with Gasteiger partial charge in [-0.25, -0.2) is 19.4 Å². The van der Waals surface area contributed by atoms with Gasteiger partial charge in [0.15, 0.2) is 0 Å². The molecule has 0 spiro atoms. The third kappa shape index (κ3) is 1.65. The van der Waals surface area contributed by atoms with Crippen molar-refractivity contribution < 1.29 is 19.1 Å². The van der Waals surface area contributed by atoms with Gasteiger partial charge in [-0.15, -0.1) is 0 Å². The van der Waals surface area contributed by atoms with Crippen LogP contribution in [0.1, 0.15) is 6.92 Å². The van der Waals surface area contributed by atoms with Crippen LogP contribution in [0.3, 0.4) is 0 Å². The second-order valence-corrected chi connectivity index (χ2v) is 3.16. The third-order valence-electron chi connectivity index (χ3n) is 1.91. The molecule has 1 atom stereocenters. The van der Waals surface area contributed by atoms with Crippen LogP contribution in [-0.2, 0) is 4.74 Å². The van der Waals surface area contributed by atoms with Crippen molar-refractivity contribution in [3.8, 4) is 0 Å². The van der Waals surface area contributed by atoms with Gasteiger partial charge in [0.1, 0.15) is 0 Å². The van der Waals surface area contributed by atoms with E-state index in [1.54, 1.807) is 6.92 Å². The topological polar surface area (TPSA) is 66.9 Å². The Labute approximate surface area is 85.3 Å². The number of rotatable bonds is 0. The first kappa shape index (κ1) is 10.8. The van der Waals surface area contributed by atoms with Crippen LogP contribution in [0.2, 0.25) is 0 Å². The Bertz CT molecular complexity index is 293. The van der Waals surface area contributed by atoms with Gasteiger partial charge in [0.25, 0.3) is 0 Å². The van der Waals surface area contributed by atoms with Crippen molar-refractivity contribution >= 4 is 29.1 Å². The van der Waals surface area contributed by atoms with Crippen LogP contribution in [0.25, 0.3) is 0 Å². The summed E-state index contributed by atoms with van der Waals surface area (Å²) in [6.07, 6.45) is -0.789. The van der Waals surface area contributed by atoms with E-state index in [0.29, 0.717) is 0 Å². The number of nitrogens with zero attached hydrogens (tertiary/aromatic N) is 2. The van der Waals surface area contributed by atoms with Crippen LogP contribution >= 0.6 is 11.6 Å². The Balaban J connectivity index is 2.85. The summed E-state index contributed by atoms with van der Waals surface area (Å²) >= 11 is 5.14. The van der Waals surface area contributed by atoms with Gasteiger partial charge >= 0.3 is 17.5 Å². The van der Waals surface area contributed by atoms with E-state index in [9.17, 15) is 14.4 Å². The molecule has 78 valence electrons. The molecule has 0 saturated carbocycles. The summed E-state index contributed by atoms with van der Waals surface area (Å²) in [5.74, 6) is 0. The van der Waals surface area contributed by atoms with Gasteiger partial charge in [-0.1, -0.05) is 0 Å². The predicted octanol–water partition coefficient (Wildman–Crippen LogP) is 1.24. The van der Waals surface area contributed by atoms with Gasteiger partial charge in [-0.3, -0.25) is 4.79 Å². The molecule has 1 aliphatic heterocycles. The van der Waals surface area contributed by atoms with Crippen LogP contribution in [-0.4, -0.2) is 47.0 Å². The summed E-state index contributed by atoms with van der Waals surface area (Å²) in [7, 11) is 1.16. The summed E-state index contributed by atoms with van der Waals surface area (Å²) in [6, 6.07) is -1.16. The molecule has 6 nitrogen and oxygen atoms in total. The Morgan fingerprint density at radius 3 is 2.50 bits per heavy atom. The lowest BCUT2D eigenvalue weighted by molar-refractivity contribution is 0.127. The first-order chi connectivity index (χ1) is 6.49. The summed E-state index contributed by atoms with van der Waals surface area (Å²) in [5, 5.41) is -0.895. The molecule has 0 aromatic heterocycles. The number of hydrogen-bond donors (Lipinski definition) is 0. The second kappa shape index (κ2) is 3.83. The quantitative estimate of drug-likeness (QED) is 0.455. The number of urea groups is 1. The molecule has 7 heteroatoms. The predicted molar refractivity (Wildman–Crippen MR) is 47.1 cm³/mol. The van der Waals surface area contributed by atoms with Crippen LogP contribution in [0.15, 0.2) is 0 Å². The van der Waals surface area contributed by atoms with Crippen molar-refractivity contribution in [2.24, 2.45) is 0 Å². The van der Waals surface area contributed by atoms with Crippen LogP contribution < -0.4 is 0 Å². The molecule has 0 aliphatic carbocycles. The maximum Gasteiger partial charge on any atom is 0.418 e. The van der Waals surface area contributed by atoms with Crippen molar-refractivity contribution in [2.45, 2.75) is 13.0 Å². The molecule has 0 aromatic rings. The van der Waals surface area contributed by atoms with Gasteiger partial charge in [0.05, 0.1) is 19.7 Å². The second-order valence-electron chi connectivity index (χ2n) is 2.84. The van der Waals surface area contributed by atoms with Gasteiger partial charge in [0, 0.05) is 0 Å². The van der Waals surface area contributed by atoms with E-state index in [0.717, 1.165) is 16.9 Å². The fourth-order valence-corrected chi connectivity index (χ4v) is 1.39. The fourth-order valence-electron chi connectivity index (χ4n) is 1.25. The van der Waals surface area contributed by atoms with Gasteiger partial charge in [0.2, 0.25) is 0 Å². The summed E-state index contributed by atoms with van der Waals surface area (Å²) in [6.45, 7) is 1.71. The molecule has 0 N–H and O–H groups in total.